The lowest BCUT2D eigenvalue weighted by molar-refractivity contribution is -0.00257. The van der Waals surface area contributed by atoms with Crippen LogP contribution < -0.4 is 5.32 Å². The summed E-state index contributed by atoms with van der Waals surface area (Å²) in [6.07, 6.45) is 5.64. The van der Waals surface area contributed by atoms with E-state index in [9.17, 15) is 9.90 Å². The molecular weight excluding hydrogens is 362 g/mol. The van der Waals surface area contributed by atoms with E-state index >= 15 is 0 Å². The smallest absolute Gasteiger partial charge is 0.251 e. The predicted molar refractivity (Wildman–Crippen MR) is 116 cm³/mol. The molecule has 3 N–H and O–H groups in total. The summed E-state index contributed by atoms with van der Waals surface area (Å²) in [5.41, 5.74) is 3.98. The number of aryl methyl sites for hydroxylation is 1. The minimum atomic E-state index is -0.639. The fraction of sp³-hybridized carbons (Fsp3) is 0.417. The molecule has 0 atom stereocenters. The molecule has 0 saturated heterocycles. The van der Waals surface area contributed by atoms with Crippen molar-refractivity contribution in [2.45, 2.75) is 58.1 Å². The largest absolute Gasteiger partial charge is 0.390 e. The van der Waals surface area contributed by atoms with E-state index in [-0.39, 0.29) is 11.9 Å². The zero-order valence-corrected chi connectivity index (χ0v) is 17.3. The minimum Gasteiger partial charge on any atom is -0.390 e. The molecule has 4 rings (SSSR count). The minimum absolute atomic E-state index is 0.0350. The van der Waals surface area contributed by atoms with Gasteiger partial charge < -0.3 is 15.4 Å². The number of hydrogen-bond donors (Lipinski definition) is 3. The van der Waals surface area contributed by atoms with Crippen molar-refractivity contribution < 1.29 is 9.90 Å². The molecule has 1 fully saturated rings. The Hall–Kier alpha value is -2.66. The highest BCUT2D eigenvalue weighted by atomic mass is 16.3. The van der Waals surface area contributed by atoms with Gasteiger partial charge in [0.25, 0.3) is 5.91 Å². The van der Waals surface area contributed by atoms with Crippen LogP contribution in [-0.2, 0) is 0 Å². The van der Waals surface area contributed by atoms with Crippen LogP contribution in [0.15, 0.2) is 42.6 Å². The summed E-state index contributed by atoms with van der Waals surface area (Å²) in [6.45, 7) is 5.74. The average molecular weight is 392 g/mol. The summed E-state index contributed by atoms with van der Waals surface area (Å²) < 4.78 is 0. The van der Waals surface area contributed by atoms with Gasteiger partial charge in [0.1, 0.15) is 0 Å². The molecule has 0 aliphatic heterocycles. The number of aromatic nitrogens is 2. The Bertz CT molecular complexity index is 1010. The summed E-state index contributed by atoms with van der Waals surface area (Å²) in [5, 5.41) is 14.4. The Balaban J connectivity index is 1.44. The highest BCUT2D eigenvalue weighted by Gasteiger charge is 2.31. The third-order valence-electron chi connectivity index (χ3n) is 6.16. The van der Waals surface area contributed by atoms with Gasteiger partial charge in [-0.25, -0.2) is 0 Å². The zero-order valence-electron chi connectivity index (χ0n) is 17.3. The van der Waals surface area contributed by atoms with Gasteiger partial charge in [0.05, 0.1) is 11.3 Å². The Morgan fingerprint density at radius 1 is 1.14 bits per heavy atom. The number of amides is 1. The number of rotatable bonds is 4. The van der Waals surface area contributed by atoms with E-state index in [1.807, 2.05) is 63.4 Å². The topological polar surface area (TPSA) is 78.0 Å². The Morgan fingerprint density at radius 2 is 1.83 bits per heavy atom. The first-order valence-electron chi connectivity index (χ1n) is 10.4. The number of H-pyrrole nitrogens is 1. The summed E-state index contributed by atoms with van der Waals surface area (Å²) in [4.78, 5) is 20.6. The van der Waals surface area contributed by atoms with Crippen molar-refractivity contribution in [1.82, 2.24) is 15.3 Å². The molecule has 1 saturated carbocycles. The standard InChI is InChI=1S/C24H29N3O2/c1-15-14-21-20(12-13-25-21)22(26-15)16-4-6-17(7-5-16)23(28)27-19-10-8-18(9-11-19)24(2,3)29/h4-7,12-14,18-19,25,29H,8-11H2,1-3H3,(H,27,28). The summed E-state index contributed by atoms with van der Waals surface area (Å²) in [5.74, 6) is 0.272. The lowest BCUT2D eigenvalue weighted by Crippen LogP contribution is -2.41. The predicted octanol–water partition coefficient (Wildman–Crippen LogP) is 4.60. The van der Waals surface area contributed by atoms with Gasteiger partial charge in [0.15, 0.2) is 0 Å². The van der Waals surface area contributed by atoms with E-state index in [0.717, 1.165) is 53.5 Å². The van der Waals surface area contributed by atoms with Crippen LogP contribution in [0, 0.1) is 12.8 Å². The Morgan fingerprint density at radius 3 is 2.48 bits per heavy atom. The number of aromatic amines is 1. The van der Waals surface area contributed by atoms with Crippen molar-refractivity contribution in [3.05, 3.63) is 53.9 Å². The first-order chi connectivity index (χ1) is 13.8. The van der Waals surface area contributed by atoms with Gasteiger partial charge >= 0.3 is 0 Å². The number of aliphatic hydroxyl groups is 1. The molecule has 5 heteroatoms. The van der Waals surface area contributed by atoms with E-state index in [4.69, 9.17) is 4.98 Å². The van der Waals surface area contributed by atoms with Gasteiger partial charge in [0, 0.05) is 40.0 Å². The first-order valence-corrected chi connectivity index (χ1v) is 10.4. The maximum absolute atomic E-state index is 12.7. The molecule has 1 aromatic carbocycles. The second-order valence-electron chi connectivity index (χ2n) is 8.80. The molecule has 3 aromatic rings. The average Bonchev–Trinajstić information content (AvgIpc) is 3.15. The lowest BCUT2D eigenvalue weighted by atomic mass is 9.77. The molecular formula is C24H29N3O2. The SMILES string of the molecule is Cc1cc2[nH]ccc2c(-c2ccc(C(=O)NC3CCC(C(C)(C)O)CC3)cc2)n1. The molecule has 1 aliphatic rings. The fourth-order valence-electron chi connectivity index (χ4n) is 4.40. The molecule has 5 nitrogen and oxygen atoms in total. The lowest BCUT2D eigenvalue weighted by Gasteiger charge is -2.36. The second-order valence-corrected chi connectivity index (χ2v) is 8.80. The maximum atomic E-state index is 12.7. The number of pyridine rings is 1. The third-order valence-corrected chi connectivity index (χ3v) is 6.16. The number of carbonyl (C=O) groups excluding carboxylic acids is 1. The summed E-state index contributed by atoms with van der Waals surface area (Å²) >= 11 is 0. The first kappa shape index (κ1) is 19.6. The van der Waals surface area contributed by atoms with Crippen LogP contribution in [0.2, 0.25) is 0 Å². The van der Waals surface area contributed by atoms with Crippen LogP contribution in [0.5, 0.6) is 0 Å². The number of benzene rings is 1. The maximum Gasteiger partial charge on any atom is 0.251 e. The Kier molecular flexibility index (Phi) is 5.17. The van der Waals surface area contributed by atoms with E-state index in [1.165, 1.54) is 0 Å². The number of hydrogen-bond acceptors (Lipinski definition) is 3. The molecule has 1 aliphatic carbocycles. The molecule has 1 amide bonds. The normalized spacial score (nSPS) is 20.0. The molecule has 0 unspecified atom stereocenters. The molecule has 0 radical (unpaired) electrons. The molecule has 152 valence electrons. The molecule has 2 heterocycles. The van der Waals surface area contributed by atoms with Crippen molar-refractivity contribution >= 4 is 16.8 Å². The number of nitrogens with one attached hydrogen (secondary N) is 2. The van der Waals surface area contributed by atoms with Crippen LogP contribution in [-0.4, -0.2) is 32.6 Å². The molecule has 0 spiro atoms. The third kappa shape index (κ3) is 4.20. The quantitative estimate of drug-likeness (QED) is 0.608. The van der Waals surface area contributed by atoms with Gasteiger partial charge in [-0.05, 0) is 76.6 Å². The molecule has 29 heavy (non-hydrogen) atoms. The van der Waals surface area contributed by atoms with E-state index < -0.39 is 5.60 Å². The van der Waals surface area contributed by atoms with Crippen LogP contribution >= 0.6 is 0 Å². The van der Waals surface area contributed by atoms with Crippen molar-refractivity contribution in [3.8, 4) is 11.3 Å². The van der Waals surface area contributed by atoms with Crippen molar-refractivity contribution in [1.29, 1.82) is 0 Å². The van der Waals surface area contributed by atoms with Crippen molar-refractivity contribution in [3.63, 3.8) is 0 Å². The highest BCUT2D eigenvalue weighted by molar-refractivity contribution is 5.96. The fourth-order valence-corrected chi connectivity index (χ4v) is 4.40. The number of nitrogens with zero attached hydrogens (tertiary/aromatic N) is 1. The molecule has 0 bridgehead atoms. The van der Waals surface area contributed by atoms with E-state index in [0.29, 0.717) is 11.5 Å². The van der Waals surface area contributed by atoms with Crippen LogP contribution in [0.4, 0.5) is 0 Å². The number of fused-ring (bicyclic) bond motifs is 1. The van der Waals surface area contributed by atoms with Gasteiger partial charge in [-0.15, -0.1) is 0 Å². The van der Waals surface area contributed by atoms with Crippen LogP contribution in [0.25, 0.3) is 22.2 Å². The highest BCUT2D eigenvalue weighted by Crippen LogP contribution is 2.32. The van der Waals surface area contributed by atoms with E-state index in [1.54, 1.807) is 0 Å². The van der Waals surface area contributed by atoms with Crippen molar-refractivity contribution in [2.75, 3.05) is 0 Å². The summed E-state index contributed by atoms with van der Waals surface area (Å²) in [6, 6.07) is 11.9. The second kappa shape index (κ2) is 7.64. The van der Waals surface area contributed by atoms with Gasteiger partial charge in [-0.2, -0.15) is 0 Å². The van der Waals surface area contributed by atoms with Gasteiger partial charge in [0.2, 0.25) is 0 Å². The van der Waals surface area contributed by atoms with Crippen molar-refractivity contribution in [2.24, 2.45) is 5.92 Å². The monoisotopic (exact) mass is 391 g/mol. The van der Waals surface area contributed by atoms with Crippen LogP contribution in [0.1, 0.15) is 55.6 Å². The Labute approximate surface area is 171 Å². The van der Waals surface area contributed by atoms with E-state index in [2.05, 4.69) is 10.3 Å². The summed E-state index contributed by atoms with van der Waals surface area (Å²) in [7, 11) is 0. The van der Waals surface area contributed by atoms with Crippen LogP contribution in [0.3, 0.4) is 0 Å². The molecule has 2 aromatic heterocycles. The zero-order chi connectivity index (χ0) is 20.6. The van der Waals surface area contributed by atoms with Gasteiger partial charge in [-0.1, -0.05) is 12.1 Å². The van der Waals surface area contributed by atoms with Gasteiger partial charge in [-0.3, -0.25) is 9.78 Å². The number of carbonyl (C=O) groups is 1.